The van der Waals surface area contributed by atoms with Gasteiger partial charge in [0, 0.05) is 109 Å². The van der Waals surface area contributed by atoms with Gasteiger partial charge in [0.2, 0.25) is 0 Å². The van der Waals surface area contributed by atoms with Crippen LogP contribution in [0.15, 0.2) is 131 Å². The molecule has 0 amide bonds. The van der Waals surface area contributed by atoms with Gasteiger partial charge in [-0.2, -0.15) is 0 Å². The number of hydrogen-bond acceptors (Lipinski definition) is 11. The molecule has 2 saturated heterocycles. The van der Waals surface area contributed by atoms with Crippen molar-refractivity contribution in [1.29, 1.82) is 0 Å². The molecule has 0 bridgehead atoms. The number of piperazine rings is 1. The molecule has 2 fully saturated rings. The molecular formula is C49H52ClN7O7S2. The monoisotopic (exact) mass is 949 g/mol. The molecule has 6 aromatic rings. The first kappa shape index (κ1) is 46.5. The minimum absolute atomic E-state index is 0.127. The smallest absolute Gasteiger partial charge is 0.338 e. The summed E-state index contributed by atoms with van der Waals surface area (Å²) in [5, 5.41) is 26.7. The highest BCUT2D eigenvalue weighted by Crippen LogP contribution is 2.40. The molecule has 1 aromatic heterocycles. The van der Waals surface area contributed by atoms with Crippen molar-refractivity contribution >= 4 is 67.8 Å². The average molecular weight is 951 g/mol. The maximum Gasteiger partial charge on any atom is 0.338 e. The summed E-state index contributed by atoms with van der Waals surface area (Å²) in [7, 11) is -2.30. The number of sulfonamides is 1. The third-order valence-electron chi connectivity index (χ3n) is 12.2. The van der Waals surface area contributed by atoms with Crippen LogP contribution in [0.3, 0.4) is 0 Å². The Balaban J connectivity index is 0.919. The Morgan fingerprint density at radius 1 is 0.848 bits per heavy atom. The number of nitro groups is 1. The van der Waals surface area contributed by atoms with Gasteiger partial charge in [-0.3, -0.25) is 19.7 Å². The van der Waals surface area contributed by atoms with Crippen molar-refractivity contribution in [3.05, 3.63) is 148 Å². The van der Waals surface area contributed by atoms with Gasteiger partial charge in [0.1, 0.15) is 5.69 Å². The first-order chi connectivity index (χ1) is 31.8. The summed E-state index contributed by atoms with van der Waals surface area (Å²) in [6.07, 6.45) is 0.733. The SMILES string of the molecule is Cc1c(C(=O)O)c(-c2cccc(N3CCN(c4ccc(NS(=O)(=O)c5ccc(N[C@H](CCN6CCOCC6)CSc6ccccc6)c([N+](=O)[O-])c5)cc4)CC3)c2)c(-c2ccc(Cl)cc2)n1C. The van der Waals surface area contributed by atoms with E-state index >= 15 is 0 Å². The van der Waals surface area contributed by atoms with E-state index in [2.05, 4.69) is 24.7 Å². The van der Waals surface area contributed by atoms with E-state index in [1.807, 2.05) is 97.4 Å². The summed E-state index contributed by atoms with van der Waals surface area (Å²) >= 11 is 7.86. The van der Waals surface area contributed by atoms with Crippen LogP contribution in [0.1, 0.15) is 22.5 Å². The van der Waals surface area contributed by atoms with Gasteiger partial charge in [-0.25, -0.2) is 13.2 Å². The molecule has 3 N–H and O–H groups in total. The summed E-state index contributed by atoms with van der Waals surface area (Å²) in [6, 6.07) is 36.3. The Morgan fingerprint density at radius 3 is 2.20 bits per heavy atom. The van der Waals surface area contributed by atoms with Crippen molar-refractivity contribution in [1.82, 2.24) is 9.47 Å². The molecule has 0 unspecified atom stereocenters. The number of hydrogen-bond donors (Lipinski definition) is 3. The Hall–Kier alpha value is -6.04. The van der Waals surface area contributed by atoms with Crippen LogP contribution in [0.5, 0.6) is 0 Å². The second-order valence-corrected chi connectivity index (χ2v) is 19.6. The number of thioether (sulfide) groups is 1. The number of ether oxygens (including phenoxy) is 1. The lowest BCUT2D eigenvalue weighted by molar-refractivity contribution is -0.384. The number of morpholine rings is 1. The molecular weight excluding hydrogens is 898 g/mol. The highest BCUT2D eigenvalue weighted by molar-refractivity contribution is 7.99. The molecule has 2 aliphatic heterocycles. The van der Waals surface area contributed by atoms with Gasteiger partial charge in [0.05, 0.1) is 34.3 Å². The molecule has 0 saturated carbocycles. The summed E-state index contributed by atoms with van der Waals surface area (Å²) in [6.45, 7) is 8.42. The van der Waals surface area contributed by atoms with E-state index in [0.717, 1.165) is 65.2 Å². The van der Waals surface area contributed by atoms with Crippen molar-refractivity contribution < 1.29 is 28.0 Å². The van der Waals surface area contributed by atoms with E-state index in [-0.39, 0.29) is 27.9 Å². The molecule has 344 valence electrons. The van der Waals surface area contributed by atoms with Crippen LogP contribution in [-0.4, -0.2) is 105 Å². The number of anilines is 4. The van der Waals surface area contributed by atoms with Crippen LogP contribution >= 0.6 is 23.4 Å². The number of aromatic carboxylic acids is 1. The minimum atomic E-state index is -4.18. The molecule has 17 heteroatoms. The largest absolute Gasteiger partial charge is 0.478 e. The van der Waals surface area contributed by atoms with E-state index in [1.54, 1.807) is 36.0 Å². The van der Waals surface area contributed by atoms with Crippen molar-refractivity contribution in [3.8, 4) is 22.4 Å². The van der Waals surface area contributed by atoms with Crippen LogP contribution in [0.25, 0.3) is 22.4 Å². The summed E-state index contributed by atoms with van der Waals surface area (Å²) in [5.41, 5.74) is 6.21. The normalized spacial score (nSPS) is 15.1. The van der Waals surface area contributed by atoms with Gasteiger partial charge in [0.15, 0.2) is 0 Å². The van der Waals surface area contributed by atoms with Crippen LogP contribution < -0.4 is 19.8 Å². The predicted octanol–water partition coefficient (Wildman–Crippen LogP) is 9.35. The summed E-state index contributed by atoms with van der Waals surface area (Å²) in [4.78, 5) is 32.2. The third kappa shape index (κ3) is 10.8. The first-order valence-electron chi connectivity index (χ1n) is 21.8. The number of carbonyl (C=O) groups is 1. The lowest BCUT2D eigenvalue weighted by Crippen LogP contribution is -2.46. The minimum Gasteiger partial charge on any atom is -0.478 e. The molecule has 66 heavy (non-hydrogen) atoms. The topological polar surface area (TPSA) is 163 Å². The number of carboxylic acids is 1. The average Bonchev–Trinajstić information content (AvgIpc) is 3.60. The molecule has 1 atom stereocenters. The number of nitrogens with zero attached hydrogens (tertiary/aromatic N) is 5. The van der Waals surface area contributed by atoms with E-state index in [4.69, 9.17) is 16.3 Å². The lowest BCUT2D eigenvalue weighted by Gasteiger charge is -2.37. The van der Waals surface area contributed by atoms with E-state index in [9.17, 15) is 28.4 Å². The Labute approximate surface area is 394 Å². The van der Waals surface area contributed by atoms with E-state index in [0.29, 0.717) is 67.1 Å². The number of nitro benzene ring substituents is 1. The van der Waals surface area contributed by atoms with Crippen LogP contribution in [0.2, 0.25) is 5.02 Å². The number of rotatable bonds is 17. The number of halogens is 1. The first-order valence-corrected chi connectivity index (χ1v) is 24.6. The quantitative estimate of drug-likeness (QED) is 0.0452. The molecule has 8 rings (SSSR count). The fourth-order valence-corrected chi connectivity index (χ4v) is 10.8. The molecule has 0 spiro atoms. The molecule has 14 nitrogen and oxygen atoms in total. The highest BCUT2D eigenvalue weighted by Gasteiger charge is 2.28. The number of benzene rings is 5. The zero-order valence-electron chi connectivity index (χ0n) is 36.7. The Kier molecular flexibility index (Phi) is 14.5. The van der Waals surface area contributed by atoms with Gasteiger partial charge in [-0.1, -0.05) is 54.1 Å². The van der Waals surface area contributed by atoms with Crippen LogP contribution in [0.4, 0.5) is 28.4 Å². The standard InChI is InChI=1S/C49H52ClN7O7S2/c1-34-46(49(58)59)47(48(53(34)2)35-11-13-37(50)14-12-35)36-7-6-8-41(31-36)56-25-23-55(24-26-56)40-17-15-38(16-18-40)52-66(62,63)43-19-20-44(45(32-43)57(60)61)51-39(21-22-54-27-29-64-30-28-54)33-65-42-9-4-3-5-10-42/h3-20,31-32,39,51-52H,21-30,33H2,1-2H3,(H,58,59)/t39-/m1/s1. The van der Waals surface area contributed by atoms with Gasteiger partial charge in [-0.05, 0) is 97.3 Å². The fraction of sp³-hybridized carbons (Fsp3) is 0.286. The number of nitrogens with one attached hydrogen (secondary N) is 2. The van der Waals surface area contributed by atoms with Crippen molar-refractivity contribution in [2.45, 2.75) is 29.2 Å². The van der Waals surface area contributed by atoms with E-state index in [1.165, 1.54) is 12.1 Å². The van der Waals surface area contributed by atoms with Gasteiger partial charge >= 0.3 is 5.97 Å². The maximum absolute atomic E-state index is 13.7. The Morgan fingerprint density at radius 2 is 1.53 bits per heavy atom. The summed E-state index contributed by atoms with van der Waals surface area (Å²) in [5.74, 6) is -0.332. The molecule has 2 aliphatic rings. The van der Waals surface area contributed by atoms with Gasteiger partial charge in [0.25, 0.3) is 15.7 Å². The second-order valence-electron chi connectivity index (χ2n) is 16.4. The number of carboxylic acid groups (broad SMARTS) is 1. The second kappa shape index (κ2) is 20.6. The third-order valence-corrected chi connectivity index (χ3v) is 15.0. The molecule has 3 heterocycles. The fourth-order valence-electron chi connectivity index (χ4n) is 8.57. The molecule has 5 aromatic carbocycles. The highest BCUT2D eigenvalue weighted by atomic mass is 35.5. The Bertz CT molecular complexity index is 2780. The van der Waals surface area contributed by atoms with Crippen molar-refractivity contribution in [2.24, 2.45) is 7.05 Å². The van der Waals surface area contributed by atoms with Crippen molar-refractivity contribution in [2.75, 3.05) is 84.6 Å². The van der Waals surface area contributed by atoms with Crippen LogP contribution in [0, 0.1) is 17.0 Å². The van der Waals surface area contributed by atoms with E-state index < -0.39 is 20.9 Å². The van der Waals surface area contributed by atoms with Crippen molar-refractivity contribution in [3.63, 3.8) is 0 Å². The van der Waals surface area contributed by atoms with Crippen LogP contribution in [-0.2, 0) is 21.8 Å². The zero-order chi connectivity index (χ0) is 46.4. The zero-order valence-corrected chi connectivity index (χ0v) is 39.1. The summed E-state index contributed by atoms with van der Waals surface area (Å²) < 4.78 is 37.4. The maximum atomic E-state index is 13.7. The molecule has 0 radical (unpaired) electrons. The van der Waals surface area contributed by atoms with Gasteiger partial charge < -0.3 is 29.5 Å². The molecule has 0 aliphatic carbocycles. The van der Waals surface area contributed by atoms with Gasteiger partial charge in [-0.15, -0.1) is 11.8 Å². The predicted molar refractivity (Wildman–Crippen MR) is 264 cm³/mol. The lowest BCUT2D eigenvalue weighted by atomic mass is 9.96. The number of aromatic nitrogens is 1.